The maximum absolute atomic E-state index is 12.5. The average molecular weight is 378 g/mol. The molecule has 1 amide bonds. The van der Waals surface area contributed by atoms with Crippen molar-refractivity contribution in [3.8, 4) is 0 Å². The largest absolute Gasteiger partial charge is 0.338 e. The monoisotopic (exact) mass is 377 g/mol. The van der Waals surface area contributed by atoms with Crippen molar-refractivity contribution in [2.75, 3.05) is 13.1 Å². The van der Waals surface area contributed by atoms with Crippen molar-refractivity contribution in [3.63, 3.8) is 0 Å². The summed E-state index contributed by atoms with van der Waals surface area (Å²) in [6, 6.07) is 8.29. The van der Waals surface area contributed by atoms with E-state index >= 15 is 0 Å². The number of carbonyl (C=O) groups is 1. The first-order chi connectivity index (χ1) is 12.0. The van der Waals surface area contributed by atoms with Gasteiger partial charge in [0.15, 0.2) is 0 Å². The average Bonchev–Trinajstić information content (AvgIpc) is 3.36. The van der Waals surface area contributed by atoms with Gasteiger partial charge >= 0.3 is 0 Å². The fraction of sp³-hybridized carbons (Fsp3) is 0.389. The summed E-state index contributed by atoms with van der Waals surface area (Å²) in [5.74, 6) is 0.637. The summed E-state index contributed by atoms with van der Waals surface area (Å²) < 4.78 is 1.54. The van der Waals surface area contributed by atoms with Crippen molar-refractivity contribution in [2.24, 2.45) is 5.92 Å². The number of hydrogen-bond donors (Lipinski definition) is 0. The van der Waals surface area contributed by atoms with Crippen LogP contribution < -0.4 is 5.56 Å². The summed E-state index contributed by atoms with van der Waals surface area (Å²) >= 11 is 12.0. The highest BCUT2D eigenvalue weighted by molar-refractivity contribution is 6.36. The number of hydrogen-bond acceptors (Lipinski definition) is 3. The minimum Gasteiger partial charge on any atom is -0.338 e. The number of aromatic nitrogens is 2. The van der Waals surface area contributed by atoms with E-state index in [-0.39, 0.29) is 17.4 Å². The third-order valence-electron chi connectivity index (χ3n) is 4.72. The molecule has 0 atom stereocenters. The molecule has 7 heteroatoms. The van der Waals surface area contributed by atoms with Gasteiger partial charge < -0.3 is 4.90 Å². The quantitative estimate of drug-likeness (QED) is 0.821. The second kappa shape index (κ2) is 6.46. The summed E-state index contributed by atoms with van der Waals surface area (Å²) in [4.78, 5) is 26.2. The maximum atomic E-state index is 12.5. The third kappa shape index (κ3) is 3.44. The van der Waals surface area contributed by atoms with Crippen LogP contribution in [0.25, 0.3) is 0 Å². The van der Waals surface area contributed by atoms with Crippen LogP contribution in [0.4, 0.5) is 0 Å². The van der Waals surface area contributed by atoms with E-state index in [1.165, 1.54) is 4.68 Å². The van der Waals surface area contributed by atoms with Crippen molar-refractivity contribution >= 4 is 29.1 Å². The van der Waals surface area contributed by atoms with Gasteiger partial charge in [-0.1, -0.05) is 23.2 Å². The van der Waals surface area contributed by atoms with E-state index in [1.807, 2.05) is 6.07 Å². The first-order valence-electron chi connectivity index (χ1n) is 8.33. The van der Waals surface area contributed by atoms with Gasteiger partial charge in [-0.3, -0.25) is 9.59 Å². The SMILES string of the molecule is O=C(c1ccc(Cl)cc1Cl)N1CC(Cn2nc(C3CC3)ccc2=O)C1. The Morgan fingerprint density at radius 1 is 1.16 bits per heavy atom. The fourth-order valence-corrected chi connectivity index (χ4v) is 3.61. The number of nitrogens with zero attached hydrogens (tertiary/aromatic N) is 3. The van der Waals surface area contributed by atoms with E-state index < -0.39 is 0 Å². The molecule has 4 rings (SSSR count). The topological polar surface area (TPSA) is 55.2 Å². The van der Waals surface area contributed by atoms with E-state index in [1.54, 1.807) is 29.2 Å². The van der Waals surface area contributed by atoms with Crippen LogP contribution >= 0.6 is 23.2 Å². The van der Waals surface area contributed by atoms with E-state index in [4.69, 9.17) is 23.2 Å². The lowest BCUT2D eigenvalue weighted by Crippen LogP contribution is -2.52. The van der Waals surface area contributed by atoms with Gasteiger partial charge in [0.25, 0.3) is 11.5 Å². The molecule has 2 aliphatic rings. The molecule has 1 aliphatic heterocycles. The molecule has 2 fully saturated rings. The second-order valence-corrected chi connectivity index (χ2v) is 7.60. The highest BCUT2D eigenvalue weighted by Gasteiger charge is 2.33. The third-order valence-corrected chi connectivity index (χ3v) is 5.27. The van der Waals surface area contributed by atoms with Gasteiger partial charge in [0.05, 0.1) is 22.8 Å². The number of amides is 1. The Balaban J connectivity index is 1.40. The van der Waals surface area contributed by atoms with Crippen molar-refractivity contribution in [2.45, 2.75) is 25.3 Å². The molecular formula is C18H17Cl2N3O2. The molecule has 2 aromatic rings. The molecule has 0 N–H and O–H groups in total. The first-order valence-corrected chi connectivity index (χ1v) is 9.09. The number of rotatable bonds is 4. The van der Waals surface area contributed by atoms with Gasteiger partial charge in [-0.05, 0) is 37.1 Å². The molecule has 0 unspecified atom stereocenters. The smallest absolute Gasteiger partial charge is 0.266 e. The molecule has 1 aliphatic carbocycles. The van der Waals surface area contributed by atoms with Crippen molar-refractivity contribution in [1.29, 1.82) is 0 Å². The Labute approximate surface area is 155 Å². The van der Waals surface area contributed by atoms with Crippen LogP contribution in [0, 0.1) is 5.92 Å². The zero-order chi connectivity index (χ0) is 17.6. The Morgan fingerprint density at radius 2 is 1.92 bits per heavy atom. The predicted molar refractivity (Wildman–Crippen MR) is 96.3 cm³/mol. The van der Waals surface area contributed by atoms with E-state index in [0.717, 1.165) is 18.5 Å². The van der Waals surface area contributed by atoms with Crippen LogP contribution in [0.15, 0.2) is 35.1 Å². The summed E-state index contributed by atoms with van der Waals surface area (Å²) in [6.07, 6.45) is 2.30. The van der Waals surface area contributed by atoms with Crippen molar-refractivity contribution in [1.82, 2.24) is 14.7 Å². The highest BCUT2D eigenvalue weighted by atomic mass is 35.5. The van der Waals surface area contributed by atoms with Gasteiger partial charge in [-0.2, -0.15) is 5.10 Å². The fourth-order valence-electron chi connectivity index (χ4n) is 3.12. The lowest BCUT2D eigenvalue weighted by Gasteiger charge is -2.39. The molecule has 2 heterocycles. The number of halogens is 2. The van der Waals surface area contributed by atoms with Crippen molar-refractivity contribution in [3.05, 3.63) is 62.0 Å². The lowest BCUT2D eigenvalue weighted by atomic mass is 9.98. The molecule has 5 nitrogen and oxygen atoms in total. The summed E-state index contributed by atoms with van der Waals surface area (Å²) in [7, 11) is 0. The lowest BCUT2D eigenvalue weighted by molar-refractivity contribution is 0.0458. The van der Waals surface area contributed by atoms with Crippen LogP contribution in [0.2, 0.25) is 10.0 Å². The zero-order valence-corrected chi connectivity index (χ0v) is 15.0. The molecule has 0 spiro atoms. The number of carbonyl (C=O) groups excluding carboxylic acids is 1. The Morgan fingerprint density at radius 3 is 2.60 bits per heavy atom. The van der Waals surface area contributed by atoms with Gasteiger partial charge in [-0.25, -0.2) is 4.68 Å². The van der Waals surface area contributed by atoms with Gasteiger partial charge in [0, 0.05) is 36.0 Å². The standard InChI is InChI=1S/C18H17Cl2N3O2/c19-13-3-4-14(15(20)7-13)18(25)22-8-11(9-22)10-23-17(24)6-5-16(21-23)12-1-2-12/h3-7,11-12H,1-2,8-10H2. The van der Waals surface area contributed by atoms with Crippen LogP contribution in [0.5, 0.6) is 0 Å². The molecule has 1 aromatic carbocycles. The van der Waals surface area contributed by atoms with Gasteiger partial charge in [0.1, 0.15) is 0 Å². The molecule has 1 saturated carbocycles. The molecule has 1 saturated heterocycles. The van der Waals surface area contributed by atoms with Crippen LogP contribution in [0.1, 0.15) is 34.8 Å². The number of benzene rings is 1. The molecular weight excluding hydrogens is 361 g/mol. The molecule has 0 bridgehead atoms. The Bertz CT molecular complexity index is 886. The highest BCUT2D eigenvalue weighted by Crippen LogP contribution is 2.38. The van der Waals surface area contributed by atoms with Crippen LogP contribution in [0.3, 0.4) is 0 Å². The van der Waals surface area contributed by atoms with Crippen LogP contribution in [-0.4, -0.2) is 33.7 Å². The zero-order valence-electron chi connectivity index (χ0n) is 13.5. The van der Waals surface area contributed by atoms with Gasteiger partial charge in [0.2, 0.25) is 0 Å². The van der Waals surface area contributed by atoms with Crippen LogP contribution in [-0.2, 0) is 6.54 Å². The summed E-state index contributed by atoms with van der Waals surface area (Å²) in [6.45, 7) is 1.73. The second-order valence-electron chi connectivity index (χ2n) is 6.75. The first kappa shape index (κ1) is 16.6. The van der Waals surface area contributed by atoms with E-state index in [0.29, 0.717) is 41.2 Å². The minimum atomic E-state index is -0.107. The van der Waals surface area contributed by atoms with Gasteiger partial charge in [-0.15, -0.1) is 0 Å². The molecule has 130 valence electrons. The Hall–Kier alpha value is -1.85. The molecule has 25 heavy (non-hydrogen) atoms. The van der Waals surface area contributed by atoms with Crippen molar-refractivity contribution < 1.29 is 4.79 Å². The summed E-state index contributed by atoms with van der Waals surface area (Å²) in [5.41, 5.74) is 1.37. The molecule has 0 radical (unpaired) electrons. The van der Waals surface area contributed by atoms with E-state index in [2.05, 4.69) is 5.10 Å². The normalized spacial score (nSPS) is 17.4. The summed E-state index contributed by atoms with van der Waals surface area (Å²) in [5, 5.41) is 5.33. The minimum absolute atomic E-state index is 0.0880. The predicted octanol–water partition coefficient (Wildman–Crippen LogP) is 3.20. The van der Waals surface area contributed by atoms with E-state index in [9.17, 15) is 9.59 Å². The maximum Gasteiger partial charge on any atom is 0.266 e. The number of likely N-dealkylation sites (tertiary alicyclic amines) is 1. The molecule has 1 aromatic heterocycles. The Kier molecular flexibility index (Phi) is 4.29.